The number of nitrogens with zero attached hydrogens (tertiary/aromatic N) is 4. The highest BCUT2D eigenvalue weighted by molar-refractivity contribution is 6.30. The van der Waals surface area contributed by atoms with Gasteiger partial charge in [-0.25, -0.2) is 9.36 Å². The van der Waals surface area contributed by atoms with E-state index in [0.29, 0.717) is 52.0 Å². The number of benzene rings is 2. The molecular weight excluding hydrogens is 458 g/mol. The molecule has 1 N–H and O–H groups in total. The van der Waals surface area contributed by atoms with Gasteiger partial charge in [0.15, 0.2) is 11.5 Å². The SMILES string of the molecule is O=C(Cn1nc(C2CC2)c2cnn(-c3cccc(Cl)c3)c2c1=O)Nc1ccc2c(c1)OCCO2. The fraction of sp³-hybridized carbons (Fsp3) is 0.250. The van der Waals surface area contributed by atoms with Gasteiger partial charge < -0.3 is 14.8 Å². The zero-order valence-electron chi connectivity index (χ0n) is 18.0. The number of amides is 1. The van der Waals surface area contributed by atoms with Gasteiger partial charge in [-0.15, -0.1) is 0 Å². The van der Waals surface area contributed by atoms with Crippen molar-refractivity contribution in [3.63, 3.8) is 0 Å². The van der Waals surface area contributed by atoms with Gasteiger partial charge in [0, 0.05) is 28.1 Å². The van der Waals surface area contributed by atoms with E-state index in [-0.39, 0.29) is 18.4 Å². The van der Waals surface area contributed by atoms with Crippen molar-refractivity contribution in [3.8, 4) is 17.2 Å². The molecule has 1 aliphatic carbocycles. The molecule has 0 unspecified atom stereocenters. The number of carbonyl (C=O) groups is 1. The minimum Gasteiger partial charge on any atom is -0.486 e. The highest BCUT2D eigenvalue weighted by atomic mass is 35.5. The van der Waals surface area contributed by atoms with Crippen LogP contribution in [0.1, 0.15) is 24.5 Å². The van der Waals surface area contributed by atoms with Crippen molar-refractivity contribution in [2.75, 3.05) is 18.5 Å². The van der Waals surface area contributed by atoms with Crippen LogP contribution in [0.2, 0.25) is 5.02 Å². The Morgan fingerprint density at radius 3 is 2.74 bits per heavy atom. The van der Waals surface area contributed by atoms with E-state index in [1.807, 2.05) is 6.07 Å². The molecule has 3 heterocycles. The Balaban J connectivity index is 1.35. The average molecular weight is 478 g/mol. The molecule has 2 aliphatic rings. The van der Waals surface area contributed by atoms with Crippen molar-refractivity contribution in [1.29, 1.82) is 0 Å². The first kappa shape index (κ1) is 20.7. The highest BCUT2D eigenvalue weighted by Crippen LogP contribution is 2.41. The van der Waals surface area contributed by atoms with Crippen molar-refractivity contribution in [2.24, 2.45) is 0 Å². The molecule has 2 aromatic carbocycles. The summed E-state index contributed by atoms with van der Waals surface area (Å²) in [6.07, 6.45) is 3.65. The van der Waals surface area contributed by atoms with Gasteiger partial charge in [-0.2, -0.15) is 10.2 Å². The molecule has 34 heavy (non-hydrogen) atoms. The molecule has 1 fully saturated rings. The van der Waals surface area contributed by atoms with Crippen molar-refractivity contribution in [2.45, 2.75) is 25.3 Å². The lowest BCUT2D eigenvalue weighted by Gasteiger charge is -2.19. The number of nitrogens with one attached hydrogen (secondary N) is 1. The molecule has 0 bridgehead atoms. The molecule has 1 aliphatic heterocycles. The maximum absolute atomic E-state index is 13.4. The minimum atomic E-state index is -0.394. The van der Waals surface area contributed by atoms with Gasteiger partial charge in [0.1, 0.15) is 25.3 Å². The minimum absolute atomic E-state index is 0.232. The quantitative estimate of drug-likeness (QED) is 0.472. The normalized spacial score (nSPS) is 14.9. The van der Waals surface area contributed by atoms with E-state index in [1.165, 1.54) is 4.68 Å². The summed E-state index contributed by atoms with van der Waals surface area (Å²) in [6, 6.07) is 12.3. The first-order valence-corrected chi connectivity index (χ1v) is 11.4. The third kappa shape index (κ3) is 3.77. The fourth-order valence-electron chi connectivity index (χ4n) is 4.12. The third-order valence-corrected chi connectivity index (χ3v) is 6.08. The number of rotatable bonds is 5. The van der Waals surface area contributed by atoms with Gasteiger partial charge in [-0.3, -0.25) is 9.59 Å². The molecule has 0 atom stereocenters. The second kappa shape index (κ2) is 8.18. The zero-order chi connectivity index (χ0) is 23.2. The predicted molar refractivity (Wildman–Crippen MR) is 126 cm³/mol. The van der Waals surface area contributed by atoms with Crippen LogP contribution < -0.4 is 20.3 Å². The van der Waals surface area contributed by atoms with Crippen LogP contribution in [-0.2, 0) is 11.3 Å². The number of hydrogen-bond acceptors (Lipinski definition) is 6. The fourth-order valence-corrected chi connectivity index (χ4v) is 4.30. The molecule has 2 aromatic heterocycles. The number of anilines is 1. The summed E-state index contributed by atoms with van der Waals surface area (Å²) in [6.45, 7) is 0.711. The lowest BCUT2D eigenvalue weighted by molar-refractivity contribution is -0.117. The Labute approximate surface area is 198 Å². The Morgan fingerprint density at radius 1 is 1.12 bits per heavy atom. The number of ether oxygens (including phenoxy) is 2. The van der Waals surface area contributed by atoms with Gasteiger partial charge in [-0.1, -0.05) is 17.7 Å². The topological polar surface area (TPSA) is 100 Å². The smallest absolute Gasteiger partial charge is 0.293 e. The maximum Gasteiger partial charge on any atom is 0.293 e. The summed E-state index contributed by atoms with van der Waals surface area (Å²) in [4.78, 5) is 26.3. The number of hydrogen-bond donors (Lipinski definition) is 1. The Hall–Kier alpha value is -3.85. The summed E-state index contributed by atoms with van der Waals surface area (Å²) in [5.41, 5.74) is 1.99. The van der Waals surface area contributed by atoms with E-state index in [1.54, 1.807) is 47.3 Å². The largest absolute Gasteiger partial charge is 0.486 e. The van der Waals surface area contributed by atoms with E-state index in [4.69, 9.17) is 21.1 Å². The second-order valence-electron chi connectivity index (χ2n) is 8.33. The van der Waals surface area contributed by atoms with E-state index in [0.717, 1.165) is 18.5 Å². The number of carbonyl (C=O) groups excluding carboxylic acids is 1. The lowest BCUT2D eigenvalue weighted by Crippen LogP contribution is -2.31. The molecular formula is C24H20ClN5O4. The van der Waals surface area contributed by atoms with Crippen LogP contribution in [0.15, 0.2) is 53.5 Å². The second-order valence-corrected chi connectivity index (χ2v) is 8.76. The third-order valence-electron chi connectivity index (χ3n) is 5.85. The Kier molecular flexibility index (Phi) is 4.99. The molecule has 172 valence electrons. The first-order valence-electron chi connectivity index (χ1n) is 11.0. The summed E-state index contributed by atoms with van der Waals surface area (Å²) >= 11 is 6.16. The van der Waals surface area contributed by atoms with Crippen LogP contribution in [0, 0.1) is 0 Å². The molecule has 6 rings (SSSR count). The van der Waals surface area contributed by atoms with Crippen LogP contribution in [0.25, 0.3) is 16.6 Å². The van der Waals surface area contributed by atoms with Gasteiger partial charge in [0.2, 0.25) is 5.91 Å². The summed E-state index contributed by atoms with van der Waals surface area (Å²) in [5, 5.41) is 13.1. The van der Waals surface area contributed by atoms with Crippen molar-refractivity contribution < 1.29 is 14.3 Å². The summed E-state index contributed by atoms with van der Waals surface area (Å²) in [5.74, 6) is 1.09. The predicted octanol–water partition coefficient (Wildman–Crippen LogP) is 3.52. The van der Waals surface area contributed by atoms with Gasteiger partial charge in [0.25, 0.3) is 5.56 Å². The van der Waals surface area contributed by atoms with Gasteiger partial charge in [0.05, 0.1) is 17.6 Å². The lowest BCUT2D eigenvalue weighted by atomic mass is 10.2. The van der Waals surface area contributed by atoms with E-state index >= 15 is 0 Å². The van der Waals surface area contributed by atoms with Gasteiger partial charge >= 0.3 is 0 Å². The molecule has 0 radical (unpaired) electrons. The van der Waals surface area contributed by atoms with E-state index in [9.17, 15) is 9.59 Å². The molecule has 1 amide bonds. The highest BCUT2D eigenvalue weighted by Gasteiger charge is 2.30. The molecule has 0 spiro atoms. The Bertz CT molecular complexity index is 1490. The van der Waals surface area contributed by atoms with Crippen LogP contribution in [-0.4, -0.2) is 38.7 Å². The standard InChI is InChI=1S/C24H20ClN5O4/c25-15-2-1-3-17(10-15)30-23-18(12-26-30)22(14-4-5-14)28-29(24(23)32)13-21(31)27-16-6-7-19-20(11-16)34-9-8-33-19/h1-3,6-7,10-12,14H,4-5,8-9,13H2,(H,27,31). The molecule has 9 nitrogen and oxygen atoms in total. The van der Waals surface area contributed by atoms with Crippen molar-refractivity contribution in [3.05, 3.63) is 69.7 Å². The number of fused-ring (bicyclic) bond motifs is 2. The van der Waals surface area contributed by atoms with Crippen LogP contribution >= 0.6 is 11.6 Å². The summed E-state index contributed by atoms with van der Waals surface area (Å²) < 4.78 is 13.9. The molecule has 0 saturated heterocycles. The van der Waals surface area contributed by atoms with Crippen LogP contribution in [0.3, 0.4) is 0 Å². The number of halogens is 1. The van der Waals surface area contributed by atoms with Crippen molar-refractivity contribution >= 4 is 34.1 Å². The van der Waals surface area contributed by atoms with Crippen molar-refractivity contribution in [1.82, 2.24) is 19.6 Å². The Morgan fingerprint density at radius 2 is 1.94 bits per heavy atom. The van der Waals surface area contributed by atoms with Gasteiger partial charge in [-0.05, 0) is 43.2 Å². The maximum atomic E-state index is 13.4. The van der Waals surface area contributed by atoms with Crippen LogP contribution in [0.5, 0.6) is 11.5 Å². The zero-order valence-corrected chi connectivity index (χ0v) is 18.8. The van der Waals surface area contributed by atoms with E-state index < -0.39 is 5.56 Å². The number of aromatic nitrogens is 4. The summed E-state index contributed by atoms with van der Waals surface area (Å²) in [7, 11) is 0. The average Bonchev–Trinajstić information content (AvgIpc) is 3.58. The monoisotopic (exact) mass is 477 g/mol. The first-order chi connectivity index (χ1) is 16.6. The van der Waals surface area contributed by atoms with Crippen LogP contribution in [0.4, 0.5) is 5.69 Å². The molecule has 1 saturated carbocycles. The van der Waals surface area contributed by atoms with E-state index in [2.05, 4.69) is 15.5 Å². The molecule has 10 heteroatoms. The molecule has 4 aromatic rings.